The van der Waals surface area contributed by atoms with Crippen molar-refractivity contribution in [3.8, 4) is 5.75 Å². The van der Waals surface area contributed by atoms with Crippen LogP contribution in [0.15, 0.2) is 53.0 Å². The van der Waals surface area contributed by atoms with Crippen LogP contribution in [-0.4, -0.2) is 38.7 Å². The molecule has 0 radical (unpaired) electrons. The predicted octanol–water partition coefficient (Wildman–Crippen LogP) is 4.55. The first kappa shape index (κ1) is 21.5. The van der Waals surface area contributed by atoms with E-state index < -0.39 is 11.9 Å². The molecule has 0 atom stereocenters. The standard InChI is InChI=1S/C25H26N2O5/c1-17-14-19(27-12-3-4-13-27)8-10-21(17)26-23(28)16-31-24(29)11-9-20-15-18-6-5-7-22(30-2)25(18)32-20/h5-11,14-15H,3-4,12-13,16H2,1-2H3,(H,26,28)/b11-9+. The number of carbonyl (C=O) groups excluding carboxylic acids is 2. The maximum atomic E-state index is 12.2. The number of nitrogens with one attached hydrogen (secondary N) is 1. The van der Waals surface area contributed by atoms with Gasteiger partial charge in [0.1, 0.15) is 5.76 Å². The molecule has 1 aliphatic rings. The van der Waals surface area contributed by atoms with Crippen LogP contribution in [0.1, 0.15) is 24.2 Å². The van der Waals surface area contributed by atoms with Crippen molar-refractivity contribution < 1.29 is 23.5 Å². The number of para-hydroxylation sites is 1. The summed E-state index contributed by atoms with van der Waals surface area (Å²) < 4.78 is 16.0. The van der Waals surface area contributed by atoms with Crippen molar-refractivity contribution in [3.63, 3.8) is 0 Å². The zero-order valence-electron chi connectivity index (χ0n) is 18.2. The molecule has 7 heteroatoms. The number of rotatable bonds is 7. The van der Waals surface area contributed by atoms with Crippen molar-refractivity contribution in [1.82, 2.24) is 0 Å². The first-order valence-electron chi connectivity index (χ1n) is 10.6. The summed E-state index contributed by atoms with van der Waals surface area (Å²) >= 11 is 0. The third kappa shape index (κ3) is 4.94. The number of hydrogen-bond acceptors (Lipinski definition) is 6. The first-order valence-corrected chi connectivity index (χ1v) is 10.6. The van der Waals surface area contributed by atoms with Crippen LogP contribution in [0, 0.1) is 6.92 Å². The molecule has 0 bridgehead atoms. The van der Waals surface area contributed by atoms with Gasteiger partial charge in [-0.2, -0.15) is 0 Å². The lowest BCUT2D eigenvalue weighted by Crippen LogP contribution is -2.21. The summed E-state index contributed by atoms with van der Waals surface area (Å²) in [5.41, 5.74) is 3.45. The number of carbonyl (C=O) groups is 2. The molecule has 0 aliphatic carbocycles. The molecule has 166 valence electrons. The largest absolute Gasteiger partial charge is 0.493 e. The quantitative estimate of drug-likeness (QED) is 0.434. The minimum Gasteiger partial charge on any atom is -0.493 e. The van der Waals surface area contributed by atoms with E-state index in [1.165, 1.54) is 25.0 Å². The van der Waals surface area contributed by atoms with Gasteiger partial charge in [0.05, 0.1) is 7.11 Å². The van der Waals surface area contributed by atoms with Crippen molar-refractivity contribution in [3.05, 3.63) is 59.9 Å². The second-order valence-corrected chi connectivity index (χ2v) is 7.71. The maximum Gasteiger partial charge on any atom is 0.331 e. The van der Waals surface area contributed by atoms with Crippen LogP contribution in [0.25, 0.3) is 17.0 Å². The van der Waals surface area contributed by atoms with E-state index >= 15 is 0 Å². The van der Waals surface area contributed by atoms with Crippen molar-refractivity contribution >= 4 is 40.3 Å². The van der Waals surface area contributed by atoms with Crippen molar-refractivity contribution in [2.45, 2.75) is 19.8 Å². The summed E-state index contributed by atoms with van der Waals surface area (Å²) in [6, 6.07) is 13.3. The van der Waals surface area contributed by atoms with Gasteiger partial charge < -0.3 is 24.1 Å². The maximum absolute atomic E-state index is 12.2. The van der Waals surface area contributed by atoms with E-state index in [1.54, 1.807) is 19.2 Å². The van der Waals surface area contributed by atoms with E-state index in [-0.39, 0.29) is 6.61 Å². The molecule has 3 aromatic rings. The number of esters is 1. The molecule has 0 spiro atoms. The second kappa shape index (κ2) is 9.60. The summed E-state index contributed by atoms with van der Waals surface area (Å²) in [5.74, 6) is 0.0793. The molecule has 0 saturated carbocycles. The Morgan fingerprint density at radius 2 is 1.97 bits per heavy atom. The molecule has 1 amide bonds. The first-order chi connectivity index (χ1) is 15.5. The summed E-state index contributed by atoms with van der Waals surface area (Å²) in [6.45, 7) is 3.71. The highest BCUT2D eigenvalue weighted by Gasteiger charge is 2.14. The highest BCUT2D eigenvalue weighted by atomic mass is 16.5. The fraction of sp³-hybridized carbons (Fsp3) is 0.280. The molecule has 1 fully saturated rings. The van der Waals surface area contributed by atoms with Crippen molar-refractivity contribution in [2.75, 3.05) is 37.0 Å². The summed E-state index contributed by atoms with van der Waals surface area (Å²) in [5, 5.41) is 3.66. The zero-order valence-corrected chi connectivity index (χ0v) is 18.2. The van der Waals surface area contributed by atoms with Crippen LogP contribution < -0.4 is 15.0 Å². The van der Waals surface area contributed by atoms with Crippen LogP contribution in [0.4, 0.5) is 11.4 Å². The van der Waals surface area contributed by atoms with Gasteiger partial charge in [0.2, 0.25) is 0 Å². The smallest absolute Gasteiger partial charge is 0.331 e. The molecule has 4 rings (SSSR count). The Labute approximate surface area is 186 Å². The Kier molecular flexibility index (Phi) is 6.44. The molecule has 7 nitrogen and oxygen atoms in total. The van der Waals surface area contributed by atoms with Gasteiger partial charge in [-0.25, -0.2) is 4.79 Å². The summed E-state index contributed by atoms with van der Waals surface area (Å²) in [4.78, 5) is 26.6. The van der Waals surface area contributed by atoms with Crippen LogP contribution in [0.3, 0.4) is 0 Å². The highest BCUT2D eigenvalue weighted by Crippen LogP contribution is 2.29. The molecule has 0 unspecified atom stereocenters. The Hall–Kier alpha value is -3.74. The van der Waals surface area contributed by atoms with Crippen LogP contribution in [-0.2, 0) is 14.3 Å². The van der Waals surface area contributed by atoms with E-state index in [2.05, 4.69) is 16.3 Å². The number of fused-ring (bicyclic) bond motifs is 1. The minimum absolute atomic E-state index is 0.371. The number of nitrogens with zero attached hydrogens (tertiary/aromatic N) is 1. The van der Waals surface area contributed by atoms with Gasteiger partial charge in [0.15, 0.2) is 17.9 Å². The number of furan rings is 1. The van der Waals surface area contributed by atoms with E-state index in [1.807, 2.05) is 31.2 Å². The Bertz CT molecular complexity index is 1160. The van der Waals surface area contributed by atoms with Crippen molar-refractivity contribution in [1.29, 1.82) is 0 Å². The monoisotopic (exact) mass is 434 g/mol. The molecule has 2 heterocycles. The number of benzene rings is 2. The number of hydrogen-bond donors (Lipinski definition) is 1. The number of anilines is 2. The lowest BCUT2D eigenvalue weighted by Gasteiger charge is -2.19. The van der Waals surface area contributed by atoms with E-state index in [0.29, 0.717) is 22.8 Å². The topological polar surface area (TPSA) is 81.0 Å². The normalized spacial score (nSPS) is 13.6. The van der Waals surface area contributed by atoms with Crippen LogP contribution in [0.5, 0.6) is 5.75 Å². The third-order valence-corrected chi connectivity index (χ3v) is 5.43. The van der Waals surface area contributed by atoms with E-state index in [4.69, 9.17) is 13.9 Å². The molecule has 32 heavy (non-hydrogen) atoms. The minimum atomic E-state index is -0.631. The summed E-state index contributed by atoms with van der Waals surface area (Å²) in [7, 11) is 1.57. The molecule has 1 N–H and O–H groups in total. The van der Waals surface area contributed by atoms with Gasteiger partial charge in [0.25, 0.3) is 5.91 Å². The van der Waals surface area contributed by atoms with Crippen molar-refractivity contribution in [2.24, 2.45) is 0 Å². The van der Waals surface area contributed by atoms with Crippen LogP contribution in [0.2, 0.25) is 0 Å². The number of methoxy groups -OCH3 is 1. The third-order valence-electron chi connectivity index (χ3n) is 5.43. The second-order valence-electron chi connectivity index (χ2n) is 7.71. The number of amides is 1. The predicted molar refractivity (Wildman–Crippen MR) is 124 cm³/mol. The molecule has 1 aliphatic heterocycles. The van der Waals surface area contributed by atoms with E-state index in [9.17, 15) is 9.59 Å². The van der Waals surface area contributed by atoms with Gasteiger partial charge >= 0.3 is 5.97 Å². The Balaban J connectivity index is 1.30. The SMILES string of the molecule is COc1cccc2cc(/C=C/C(=O)OCC(=O)Nc3ccc(N4CCCC4)cc3C)oc12. The molecular weight excluding hydrogens is 408 g/mol. The fourth-order valence-electron chi connectivity index (χ4n) is 3.78. The highest BCUT2D eigenvalue weighted by molar-refractivity contribution is 5.95. The zero-order chi connectivity index (χ0) is 22.5. The van der Waals surface area contributed by atoms with Gasteiger partial charge in [-0.15, -0.1) is 0 Å². The average Bonchev–Trinajstić information content (AvgIpc) is 3.47. The van der Waals surface area contributed by atoms with E-state index in [0.717, 1.165) is 29.7 Å². The Morgan fingerprint density at radius 1 is 1.16 bits per heavy atom. The Morgan fingerprint density at radius 3 is 2.72 bits per heavy atom. The van der Waals surface area contributed by atoms with Crippen LogP contribution >= 0.6 is 0 Å². The average molecular weight is 434 g/mol. The lowest BCUT2D eigenvalue weighted by molar-refractivity contribution is -0.142. The van der Waals surface area contributed by atoms with Gasteiger partial charge in [-0.1, -0.05) is 12.1 Å². The summed E-state index contributed by atoms with van der Waals surface area (Å²) in [6.07, 6.45) is 5.15. The number of ether oxygens (including phenoxy) is 2. The lowest BCUT2D eigenvalue weighted by atomic mass is 10.1. The molecule has 1 aromatic heterocycles. The van der Waals surface area contributed by atoms with Gasteiger partial charge in [-0.05, 0) is 61.7 Å². The molecule has 1 saturated heterocycles. The fourth-order valence-corrected chi connectivity index (χ4v) is 3.78. The van der Waals surface area contributed by atoms with Gasteiger partial charge in [-0.3, -0.25) is 4.79 Å². The van der Waals surface area contributed by atoms with Gasteiger partial charge in [0, 0.05) is 35.9 Å². The molecular formula is C25H26N2O5. The number of aryl methyl sites for hydroxylation is 1. The molecule has 2 aromatic carbocycles.